The molecule has 1 aromatic carbocycles. The van der Waals surface area contributed by atoms with E-state index in [0.29, 0.717) is 29.0 Å². The van der Waals surface area contributed by atoms with Gasteiger partial charge in [-0.2, -0.15) is 4.98 Å². The molecule has 3 aromatic heterocycles. The van der Waals surface area contributed by atoms with Crippen LogP contribution in [0.1, 0.15) is 19.2 Å². The maximum Gasteiger partial charge on any atom is 0.227 e. The van der Waals surface area contributed by atoms with Crippen LogP contribution in [0.5, 0.6) is 0 Å². The molecule has 0 bridgehead atoms. The van der Waals surface area contributed by atoms with E-state index in [1.807, 2.05) is 12.1 Å². The zero-order valence-corrected chi connectivity index (χ0v) is 16.2. The Kier molecular flexibility index (Phi) is 5.25. The van der Waals surface area contributed by atoms with Crippen LogP contribution in [0.2, 0.25) is 0 Å². The summed E-state index contributed by atoms with van der Waals surface area (Å²) in [6.07, 6.45) is 3.81. The van der Waals surface area contributed by atoms with E-state index in [9.17, 15) is 9.59 Å². The topological polar surface area (TPSA) is 123 Å². The first-order valence-corrected chi connectivity index (χ1v) is 9.59. The second-order valence-corrected chi connectivity index (χ2v) is 7.21. The highest BCUT2D eigenvalue weighted by atomic mass is 32.1. The van der Waals surface area contributed by atoms with Gasteiger partial charge in [-0.05, 0) is 30.3 Å². The summed E-state index contributed by atoms with van der Waals surface area (Å²) >= 11 is 1.34. The zero-order valence-electron chi connectivity index (χ0n) is 15.4. The van der Waals surface area contributed by atoms with Gasteiger partial charge in [0.2, 0.25) is 23.5 Å². The summed E-state index contributed by atoms with van der Waals surface area (Å²) in [6, 6.07) is 9.01. The van der Waals surface area contributed by atoms with Crippen molar-refractivity contribution in [2.75, 3.05) is 10.6 Å². The number of fused-ring (bicyclic) bond motifs is 1. The van der Waals surface area contributed by atoms with Crippen molar-refractivity contribution in [3.05, 3.63) is 48.6 Å². The van der Waals surface area contributed by atoms with Crippen LogP contribution in [0.4, 0.5) is 10.8 Å². The van der Waals surface area contributed by atoms with Gasteiger partial charge in [0.1, 0.15) is 0 Å². The van der Waals surface area contributed by atoms with Gasteiger partial charge in [0.05, 0.1) is 10.2 Å². The number of nitrogens with one attached hydrogen (secondary N) is 2. The maximum atomic E-state index is 12.3. The molecule has 0 aliphatic carbocycles. The summed E-state index contributed by atoms with van der Waals surface area (Å²) < 4.78 is 6.06. The average molecular weight is 408 g/mol. The van der Waals surface area contributed by atoms with E-state index in [2.05, 4.69) is 30.7 Å². The van der Waals surface area contributed by atoms with Crippen molar-refractivity contribution in [3.63, 3.8) is 0 Å². The van der Waals surface area contributed by atoms with Crippen molar-refractivity contribution >= 4 is 44.2 Å². The van der Waals surface area contributed by atoms with E-state index in [4.69, 9.17) is 4.52 Å². The number of benzene rings is 1. The summed E-state index contributed by atoms with van der Waals surface area (Å²) in [6.45, 7) is 1.45. The number of pyridine rings is 1. The molecule has 0 aliphatic heterocycles. The van der Waals surface area contributed by atoms with Gasteiger partial charge in [-0.15, -0.1) is 0 Å². The number of aromatic nitrogens is 4. The third kappa shape index (κ3) is 4.61. The largest absolute Gasteiger partial charge is 0.339 e. The predicted octanol–water partition coefficient (Wildman–Crippen LogP) is 3.27. The molecule has 4 aromatic rings. The van der Waals surface area contributed by atoms with Crippen molar-refractivity contribution in [2.45, 2.75) is 19.8 Å². The number of rotatable bonds is 6. The number of nitrogens with zero attached hydrogens (tertiary/aromatic N) is 4. The molecular formula is C19H16N6O3S. The minimum Gasteiger partial charge on any atom is -0.339 e. The van der Waals surface area contributed by atoms with E-state index in [-0.39, 0.29) is 18.2 Å². The molecule has 0 spiro atoms. The number of hydrogen-bond acceptors (Lipinski definition) is 8. The van der Waals surface area contributed by atoms with Crippen LogP contribution in [0.25, 0.3) is 21.6 Å². The van der Waals surface area contributed by atoms with Gasteiger partial charge in [0, 0.05) is 43.4 Å². The highest BCUT2D eigenvalue weighted by Gasteiger charge is 2.13. The minimum absolute atomic E-state index is 0.143. The van der Waals surface area contributed by atoms with Crippen LogP contribution in [0.3, 0.4) is 0 Å². The fourth-order valence-electron chi connectivity index (χ4n) is 2.63. The molecular weight excluding hydrogens is 392 g/mol. The molecule has 3 heterocycles. The van der Waals surface area contributed by atoms with Crippen molar-refractivity contribution in [2.24, 2.45) is 0 Å². The monoisotopic (exact) mass is 408 g/mol. The lowest BCUT2D eigenvalue weighted by molar-refractivity contribution is -0.116. The first kappa shape index (κ1) is 18.7. The van der Waals surface area contributed by atoms with Gasteiger partial charge in [-0.3, -0.25) is 14.6 Å². The Hall–Kier alpha value is -3.66. The van der Waals surface area contributed by atoms with E-state index >= 15 is 0 Å². The lowest BCUT2D eigenvalue weighted by Crippen LogP contribution is -2.12. The van der Waals surface area contributed by atoms with E-state index in [1.54, 1.807) is 30.6 Å². The molecule has 29 heavy (non-hydrogen) atoms. The number of thiazole rings is 1. The van der Waals surface area contributed by atoms with Crippen molar-refractivity contribution < 1.29 is 14.1 Å². The lowest BCUT2D eigenvalue weighted by atomic mass is 10.2. The summed E-state index contributed by atoms with van der Waals surface area (Å²) in [5.41, 5.74) is 2.19. The molecule has 10 heteroatoms. The molecule has 0 saturated heterocycles. The van der Waals surface area contributed by atoms with Gasteiger partial charge in [-0.1, -0.05) is 16.5 Å². The number of carbonyl (C=O) groups is 2. The Labute approximate surface area is 169 Å². The fraction of sp³-hybridized carbons (Fsp3) is 0.158. The van der Waals surface area contributed by atoms with E-state index < -0.39 is 0 Å². The molecule has 0 aliphatic rings. The smallest absolute Gasteiger partial charge is 0.227 e. The minimum atomic E-state index is -0.202. The van der Waals surface area contributed by atoms with Gasteiger partial charge in [0.25, 0.3) is 0 Å². The average Bonchev–Trinajstić information content (AvgIpc) is 3.33. The van der Waals surface area contributed by atoms with Crippen LogP contribution in [-0.4, -0.2) is 31.9 Å². The van der Waals surface area contributed by atoms with Gasteiger partial charge >= 0.3 is 0 Å². The van der Waals surface area contributed by atoms with Gasteiger partial charge < -0.3 is 15.2 Å². The molecule has 0 unspecified atom stereocenters. The molecule has 0 fully saturated rings. The van der Waals surface area contributed by atoms with E-state index in [0.717, 1.165) is 15.8 Å². The Morgan fingerprint density at radius 1 is 1.17 bits per heavy atom. The zero-order chi connectivity index (χ0) is 20.2. The number of hydrogen-bond donors (Lipinski definition) is 2. The van der Waals surface area contributed by atoms with Crippen molar-refractivity contribution in [1.29, 1.82) is 0 Å². The first-order chi connectivity index (χ1) is 14.1. The maximum absolute atomic E-state index is 12.3. The van der Waals surface area contributed by atoms with Crippen LogP contribution >= 0.6 is 11.3 Å². The quantitative estimate of drug-likeness (QED) is 0.502. The molecule has 2 N–H and O–H groups in total. The SMILES string of the molecule is CC(=O)Nc1ccc2nc(NC(=O)CCc3nc(-c4cccnc4)no3)sc2c1. The molecule has 0 atom stereocenters. The van der Waals surface area contributed by atoms with Crippen molar-refractivity contribution in [1.82, 2.24) is 20.1 Å². The first-order valence-electron chi connectivity index (χ1n) is 8.78. The summed E-state index contributed by atoms with van der Waals surface area (Å²) in [4.78, 5) is 36.1. The second kappa shape index (κ2) is 8.15. The number of carbonyl (C=O) groups excluding carboxylic acids is 2. The molecule has 0 saturated carbocycles. The van der Waals surface area contributed by atoms with Crippen molar-refractivity contribution in [3.8, 4) is 11.4 Å². The molecule has 2 amide bonds. The Morgan fingerprint density at radius 3 is 2.86 bits per heavy atom. The highest BCUT2D eigenvalue weighted by molar-refractivity contribution is 7.22. The van der Waals surface area contributed by atoms with Crippen LogP contribution < -0.4 is 10.6 Å². The standard InChI is InChI=1S/C19H16N6O3S/c1-11(26)21-13-4-5-14-15(9-13)29-19(22-14)23-16(27)6-7-17-24-18(25-28-17)12-3-2-8-20-10-12/h2-5,8-10H,6-7H2,1H3,(H,21,26)(H,22,23,27). The third-order valence-corrected chi connectivity index (χ3v) is 4.84. The Bertz CT molecular complexity index is 1170. The molecule has 0 radical (unpaired) electrons. The summed E-state index contributed by atoms with van der Waals surface area (Å²) in [5.74, 6) is 0.472. The van der Waals surface area contributed by atoms with E-state index in [1.165, 1.54) is 18.3 Å². The Balaban J connectivity index is 1.36. The third-order valence-electron chi connectivity index (χ3n) is 3.91. The number of aryl methyl sites for hydroxylation is 1. The van der Waals surface area contributed by atoms with Crippen LogP contribution in [-0.2, 0) is 16.0 Å². The van der Waals surface area contributed by atoms with Gasteiger partial charge in [0.15, 0.2) is 5.13 Å². The van der Waals surface area contributed by atoms with Gasteiger partial charge in [-0.25, -0.2) is 4.98 Å². The summed E-state index contributed by atoms with van der Waals surface area (Å²) in [7, 11) is 0. The fourth-order valence-corrected chi connectivity index (χ4v) is 3.55. The molecule has 4 rings (SSSR count). The predicted molar refractivity (Wildman–Crippen MR) is 108 cm³/mol. The molecule has 9 nitrogen and oxygen atoms in total. The molecule has 146 valence electrons. The van der Waals surface area contributed by atoms with Crippen LogP contribution in [0, 0.1) is 0 Å². The summed E-state index contributed by atoms with van der Waals surface area (Å²) in [5, 5.41) is 9.91. The number of amides is 2. The normalized spacial score (nSPS) is 10.8. The Morgan fingerprint density at radius 2 is 2.07 bits per heavy atom. The number of anilines is 2. The second-order valence-electron chi connectivity index (χ2n) is 6.18. The highest BCUT2D eigenvalue weighted by Crippen LogP contribution is 2.28. The van der Waals surface area contributed by atoms with Crippen LogP contribution in [0.15, 0.2) is 47.2 Å². The lowest BCUT2D eigenvalue weighted by Gasteiger charge is -1.99.